The molecule has 5 nitrogen and oxygen atoms in total. The van der Waals surface area contributed by atoms with Gasteiger partial charge in [-0.05, 0) is 36.1 Å². The quantitative estimate of drug-likeness (QED) is 0.654. The maximum atomic E-state index is 12.6. The molecule has 0 aliphatic rings. The van der Waals surface area contributed by atoms with Crippen molar-refractivity contribution in [3.8, 4) is 5.69 Å². The van der Waals surface area contributed by atoms with Gasteiger partial charge in [-0.3, -0.25) is 4.79 Å². The topological polar surface area (TPSA) is 72.9 Å². The lowest BCUT2D eigenvalue weighted by Gasteiger charge is -2.14. The number of amides is 1. The first-order valence-corrected chi connectivity index (χ1v) is 9.21. The van der Waals surface area contributed by atoms with Crippen molar-refractivity contribution in [2.75, 3.05) is 6.54 Å². The number of nitrogens with one attached hydrogen (secondary N) is 1. The summed E-state index contributed by atoms with van der Waals surface area (Å²) in [5.41, 5.74) is 10.7. The molecule has 6 heteroatoms. The molecule has 3 aromatic rings. The summed E-state index contributed by atoms with van der Waals surface area (Å²) >= 11 is 0. The first kappa shape index (κ1) is 21.7. The van der Waals surface area contributed by atoms with E-state index in [1.165, 1.54) is 5.56 Å². The van der Waals surface area contributed by atoms with Gasteiger partial charge in [0.1, 0.15) is 0 Å². The van der Waals surface area contributed by atoms with Gasteiger partial charge in [-0.1, -0.05) is 56.3 Å². The third-order valence-corrected chi connectivity index (χ3v) is 4.68. The molecule has 3 rings (SSSR count). The molecule has 0 fully saturated rings. The molecule has 148 valence electrons. The number of carbonyl (C=O) groups excluding carboxylic acids is 1. The summed E-state index contributed by atoms with van der Waals surface area (Å²) in [7, 11) is 0. The van der Waals surface area contributed by atoms with Crippen molar-refractivity contribution >= 4 is 18.3 Å². The fraction of sp³-hybridized carbons (Fsp3) is 0.273. The Bertz CT molecular complexity index is 904. The largest absolute Gasteiger partial charge is 0.350 e. The smallest absolute Gasteiger partial charge is 0.254 e. The van der Waals surface area contributed by atoms with E-state index in [-0.39, 0.29) is 24.4 Å². The van der Waals surface area contributed by atoms with E-state index >= 15 is 0 Å². The van der Waals surface area contributed by atoms with Crippen LogP contribution < -0.4 is 11.1 Å². The SMILES string of the molecule is Cc1nn(-c2ccccc2)cc1C(=O)NCC(N)c1ccc(C(C)C)cc1.Cl. The normalized spacial score (nSPS) is 11.8. The fourth-order valence-electron chi connectivity index (χ4n) is 2.94. The number of halogens is 1. The van der Waals surface area contributed by atoms with Crippen molar-refractivity contribution in [1.29, 1.82) is 0 Å². The Labute approximate surface area is 172 Å². The van der Waals surface area contributed by atoms with Gasteiger partial charge < -0.3 is 11.1 Å². The predicted octanol–water partition coefficient (Wildman–Crippen LogP) is 4.16. The van der Waals surface area contributed by atoms with Gasteiger partial charge in [0.15, 0.2) is 0 Å². The standard InChI is InChI=1S/C22H26N4O.ClH/c1-15(2)17-9-11-18(12-10-17)21(23)13-24-22(27)20-14-26(25-16(20)3)19-7-5-4-6-8-19;/h4-12,14-15,21H,13,23H2,1-3H3,(H,24,27);1H. The molecule has 1 heterocycles. The first-order valence-electron chi connectivity index (χ1n) is 9.21. The number of para-hydroxylation sites is 1. The van der Waals surface area contributed by atoms with Gasteiger partial charge in [-0.2, -0.15) is 5.10 Å². The van der Waals surface area contributed by atoms with Crippen molar-refractivity contribution in [2.24, 2.45) is 5.73 Å². The molecule has 28 heavy (non-hydrogen) atoms. The van der Waals surface area contributed by atoms with Gasteiger partial charge in [0.05, 0.1) is 16.9 Å². The van der Waals surface area contributed by atoms with E-state index in [4.69, 9.17) is 5.73 Å². The van der Waals surface area contributed by atoms with Gasteiger partial charge in [0, 0.05) is 18.8 Å². The summed E-state index contributed by atoms with van der Waals surface area (Å²) in [4.78, 5) is 12.6. The number of hydrogen-bond donors (Lipinski definition) is 2. The summed E-state index contributed by atoms with van der Waals surface area (Å²) < 4.78 is 1.72. The molecular weight excluding hydrogens is 372 g/mol. The van der Waals surface area contributed by atoms with Crippen molar-refractivity contribution in [2.45, 2.75) is 32.7 Å². The third kappa shape index (κ3) is 5.00. The molecule has 3 N–H and O–H groups in total. The average Bonchev–Trinajstić information content (AvgIpc) is 3.08. The van der Waals surface area contributed by atoms with Crippen molar-refractivity contribution in [3.05, 3.63) is 83.2 Å². The van der Waals surface area contributed by atoms with Crippen LogP contribution in [-0.2, 0) is 0 Å². The van der Waals surface area contributed by atoms with Crippen LogP contribution >= 0.6 is 12.4 Å². The van der Waals surface area contributed by atoms with E-state index in [0.29, 0.717) is 23.7 Å². The number of benzene rings is 2. The molecule has 0 radical (unpaired) electrons. The maximum absolute atomic E-state index is 12.6. The Balaban J connectivity index is 0.00000280. The van der Waals surface area contributed by atoms with Crippen LogP contribution in [0.1, 0.15) is 53.0 Å². The highest BCUT2D eigenvalue weighted by atomic mass is 35.5. The van der Waals surface area contributed by atoms with E-state index in [0.717, 1.165) is 11.3 Å². The summed E-state index contributed by atoms with van der Waals surface area (Å²) in [6, 6.07) is 17.7. The molecule has 1 unspecified atom stereocenters. The second-order valence-electron chi connectivity index (χ2n) is 7.05. The van der Waals surface area contributed by atoms with Gasteiger partial charge in [-0.15, -0.1) is 12.4 Å². The van der Waals surface area contributed by atoms with Gasteiger partial charge in [0.25, 0.3) is 5.91 Å². The van der Waals surface area contributed by atoms with Crippen LogP contribution in [0.3, 0.4) is 0 Å². The minimum atomic E-state index is -0.250. The lowest BCUT2D eigenvalue weighted by molar-refractivity contribution is 0.0950. The molecule has 1 amide bonds. The molecule has 2 aromatic carbocycles. The lowest BCUT2D eigenvalue weighted by Crippen LogP contribution is -2.32. The highest BCUT2D eigenvalue weighted by Gasteiger charge is 2.15. The van der Waals surface area contributed by atoms with Gasteiger partial charge in [-0.25, -0.2) is 4.68 Å². The van der Waals surface area contributed by atoms with Gasteiger partial charge in [0.2, 0.25) is 0 Å². The molecule has 0 aliphatic carbocycles. The number of aryl methyl sites for hydroxylation is 1. The van der Waals surface area contributed by atoms with E-state index in [1.807, 2.05) is 49.4 Å². The molecule has 0 saturated carbocycles. The molecule has 0 saturated heterocycles. The Morgan fingerprint density at radius 2 is 1.68 bits per heavy atom. The van der Waals surface area contributed by atoms with Crippen LogP contribution in [0.25, 0.3) is 5.69 Å². The van der Waals surface area contributed by atoms with Crippen LogP contribution in [0.5, 0.6) is 0 Å². The van der Waals surface area contributed by atoms with E-state index in [9.17, 15) is 4.79 Å². The molecule has 1 atom stereocenters. The van der Waals surface area contributed by atoms with E-state index < -0.39 is 0 Å². The molecule has 0 spiro atoms. The summed E-state index contributed by atoms with van der Waals surface area (Å²) in [5, 5.41) is 7.36. The Kier molecular flexibility index (Phi) is 7.38. The zero-order chi connectivity index (χ0) is 19.4. The van der Waals surface area contributed by atoms with Crippen LogP contribution in [0.4, 0.5) is 0 Å². The fourth-order valence-corrected chi connectivity index (χ4v) is 2.94. The van der Waals surface area contributed by atoms with Gasteiger partial charge >= 0.3 is 0 Å². The highest BCUT2D eigenvalue weighted by molar-refractivity contribution is 5.95. The number of aromatic nitrogens is 2. The first-order chi connectivity index (χ1) is 13.0. The van der Waals surface area contributed by atoms with Crippen molar-refractivity contribution in [1.82, 2.24) is 15.1 Å². The number of nitrogens with zero attached hydrogens (tertiary/aromatic N) is 2. The highest BCUT2D eigenvalue weighted by Crippen LogP contribution is 2.18. The number of nitrogens with two attached hydrogens (primary N) is 1. The zero-order valence-corrected chi connectivity index (χ0v) is 17.2. The maximum Gasteiger partial charge on any atom is 0.254 e. The monoisotopic (exact) mass is 398 g/mol. The summed E-state index contributed by atoms with van der Waals surface area (Å²) in [6.07, 6.45) is 1.75. The molecule has 0 aliphatic heterocycles. The van der Waals surface area contributed by atoms with Crippen LogP contribution in [0.15, 0.2) is 60.8 Å². The predicted molar refractivity (Wildman–Crippen MR) is 115 cm³/mol. The summed E-state index contributed by atoms with van der Waals surface area (Å²) in [6.45, 7) is 6.52. The Morgan fingerprint density at radius 3 is 2.29 bits per heavy atom. The van der Waals surface area contributed by atoms with Crippen LogP contribution in [-0.4, -0.2) is 22.2 Å². The second kappa shape index (κ2) is 9.53. The second-order valence-corrected chi connectivity index (χ2v) is 7.05. The molecular formula is C22H27ClN4O. The third-order valence-electron chi connectivity index (χ3n) is 4.68. The Morgan fingerprint density at radius 1 is 1.07 bits per heavy atom. The minimum absolute atomic E-state index is 0. The summed E-state index contributed by atoms with van der Waals surface area (Å²) in [5.74, 6) is 0.322. The average molecular weight is 399 g/mol. The molecule has 1 aromatic heterocycles. The van der Waals surface area contributed by atoms with E-state index in [1.54, 1.807) is 10.9 Å². The Hall–Kier alpha value is -2.63. The lowest BCUT2D eigenvalue weighted by atomic mass is 9.99. The number of carbonyl (C=O) groups is 1. The zero-order valence-electron chi connectivity index (χ0n) is 16.4. The van der Waals surface area contributed by atoms with Crippen molar-refractivity contribution < 1.29 is 4.79 Å². The minimum Gasteiger partial charge on any atom is -0.350 e. The molecule has 0 bridgehead atoms. The number of rotatable bonds is 6. The van der Waals surface area contributed by atoms with Crippen LogP contribution in [0, 0.1) is 6.92 Å². The number of hydrogen-bond acceptors (Lipinski definition) is 3. The van der Waals surface area contributed by atoms with Crippen molar-refractivity contribution in [3.63, 3.8) is 0 Å². The van der Waals surface area contributed by atoms with E-state index in [2.05, 4.69) is 36.4 Å². The van der Waals surface area contributed by atoms with Crippen LogP contribution in [0.2, 0.25) is 0 Å².